The number of carbonyl (C=O) groups excluding carboxylic acids is 1. The molecule has 1 aliphatic carbocycles. The largest absolute Gasteiger partial charge is 0.460 e. The summed E-state index contributed by atoms with van der Waals surface area (Å²) in [5.41, 5.74) is 13.7. The predicted octanol–water partition coefficient (Wildman–Crippen LogP) is 4.61. The van der Waals surface area contributed by atoms with Gasteiger partial charge in [0.15, 0.2) is 5.65 Å². The van der Waals surface area contributed by atoms with Crippen molar-refractivity contribution in [1.29, 1.82) is 0 Å². The van der Waals surface area contributed by atoms with Crippen LogP contribution in [-0.4, -0.2) is 78.0 Å². The van der Waals surface area contributed by atoms with Crippen molar-refractivity contribution in [3.63, 3.8) is 0 Å². The van der Waals surface area contributed by atoms with E-state index in [2.05, 4.69) is 38.5 Å². The number of anilines is 1. The average Bonchev–Trinajstić information content (AvgIpc) is 3.52. The zero-order valence-electron chi connectivity index (χ0n) is 25.1. The highest BCUT2D eigenvalue weighted by Gasteiger charge is 2.46. The van der Waals surface area contributed by atoms with E-state index < -0.39 is 0 Å². The zero-order valence-corrected chi connectivity index (χ0v) is 25.1. The molecule has 2 saturated heterocycles. The zero-order chi connectivity index (χ0) is 30.5. The number of nitrogens with two attached hydrogens (primary N) is 1. The molecule has 12 heteroatoms. The molecule has 0 radical (unpaired) electrons. The van der Waals surface area contributed by atoms with Crippen molar-refractivity contribution in [2.24, 2.45) is 0 Å². The normalized spacial score (nSPS) is 21.0. The average molecular weight is 606 g/mol. The second-order valence-corrected chi connectivity index (χ2v) is 12.2. The molecule has 1 amide bonds. The quantitative estimate of drug-likeness (QED) is 0.230. The Hall–Kier alpha value is -4.84. The van der Waals surface area contributed by atoms with E-state index in [1.807, 2.05) is 41.6 Å². The van der Waals surface area contributed by atoms with Gasteiger partial charge in [0.05, 0.1) is 24.2 Å². The van der Waals surface area contributed by atoms with Crippen LogP contribution in [0.3, 0.4) is 0 Å². The maximum Gasteiger partial charge on any atom is 0.336 e. The van der Waals surface area contributed by atoms with Crippen LogP contribution in [0.25, 0.3) is 28.0 Å². The number of nitrogen functional groups attached to an aromatic ring is 1. The highest BCUT2D eigenvalue weighted by atomic mass is 16.5. The lowest BCUT2D eigenvalue weighted by molar-refractivity contribution is 0.0556. The van der Waals surface area contributed by atoms with E-state index in [1.54, 1.807) is 11.6 Å². The molecule has 2 bridgehead atoms. The third-order valence-electron chi connectivity index (χ3n) is 9.42. The lowest BCUT2D eigenvalue weighted by atomic mass is 9.85. The van der Waals surface area contributed by atoms with Crippen LogP contribution >= 0.6 is 0 Å². The maximum absolute atomic E-state index is 13.6. The maximum atomic E-state index is 13.6. The van der Waals surface area contributed by atoms with Crippen LogP contribution in [0.2, 0.25) is 0 Å². The lowest BCUT2D eigenvalue weighted by Gasteiger charge is -2.39. The third kappa shape index (κ3) is 4.98. The van der Waals surface area contributed by atoms with Gasteiger partial charge in [-0.2, -0.15) is 14.6 Å². The van der Waals surface area contributed by atoms with Crippen molar-refractivity contribution >= 4 is 17.4 Å². The van der Waals surface area contributed by atoms with Crippen LogP contribution in [0.4, 0.5) is 5.82 Å². The number of piperidine rings is 1. The van der Waals surface area contributed by atoms with Gasteiger partial charge >= 0.3 is 6.01 Å². The number of methoxy groups -OCH3 is 1. The fourth-order valence-corrected chi connectivity index (χ4v) is 7.16. The molecule has 1 aromatic carbocycles. The van der Waals surface area contributed by atoms with Gasteiger partial charge in [0.25, 0.3) is 5.91 Å². The number of hydrogen-bond acceptors (Lipinski definition) is 9. The summed E-state index contributed by atoms with van der Waals surface area (Å²) in [5.74, 6) is 1.34. The van der Waals surface area contributed by atoms with Gasteiger partial charge < -0.3 is 20.1 Å². The number of nitrogens with one attached hydrogen (secondary N) is 1. The number of benzene rings is 1. The van der Waals surface area contributed by atoms with Crippen molar-refractivity contribution in [3.8, 4) is 28.4 Å². The number of rotatable bonds is 9. The van der Waals surface area contributed by atoms with Crippen molar-refractivity contribution in [2.75, 3.05) is 26.1 Å². The second kappa shape index (κ2) is 11.3. The minimum absolute atomic E-state index is 0.0922. The summed E-state index contributed by atoms with van der Waals surface area (Å²) in [6.07, 6.45) is 9.49. The molecular weight excluding hydrogens is 570 g/mol. The van der Waals surface area contributed by atoms with E-state index in [0.29, 0.717) is 24.9 Å². The minimum atomic E-state index is -0.134. The first-order valence-corrected chi connectivity index (χ1v) is 15.6. The van der Waals surface area contributed by atoms with Crippen molar-refractivity contribution in [1.82, 2.24) is 39.7 Å². The van der Waals surface area contributed by atoms with E-state index in [-0.39, 0.29) is 35.7 Å². The molecule has 3 aliphatic rings. The third-order valence-corrected chi connectivity index (χ3v) is 9.42. The first kappa shape index (κ1) is 27.7. The van der Waals surface area contributed by atoms with E-state index in [9.17, 15) is 4.79 Å². The molecule has 12 nitrogen and oxygen atoms in total. The molecule has 1 unspecified atom stereocenters. The number of pyridine rings is 1. The molecular formula is C33H35N9O3. The smallest absolute Gasteiger partial charge is 0.336 e. The Labute approximate surface area is 260 Å². The molecule has 45 heavy (non-hydrogen) atoms. The van der Waals surface area contributed by atoms with Crippen molar-refractivity contribution in [2.45, 2.75) is 62.4 Å². The van der Waals surface area contributed by atoms with Crippen LogP contribution in [0, 0.1) is 0 Å². The molecule has 4 aromatic heterocycles. The van der Waals surface area contributed by atoms with Gasteiger partial charge in [0.1, 0.15) is 12.4 Å². The molecule has 2 aliphatic heterocycles. The van der Waals surface area contributed by atoms with Crippen LogP contribution in [0.1, 0.15) is 72.2 Å². The number of ether oxygens (including phenoxy) is 2. The van der Waals surface area contributed by atoms with Gasteiger partial charge in [-0.1, -0.05) is 36.4 Å². The summed E-state index contributed by atoms with van der Waals surface area (Å²) < 4.78 is 12.3. The van der Waals surface area contributed by atoms with Gasteiger partial charge in [-0.15, -0.1) is 5.10 Å². The molecule has 3 N–H and O–H groups in total. The number of nitrogens with zero attached hydrogens (tertiary/aromatic N) is 7. The molecule has 0 spiro atoms. The molecule has 6 heterocycles. The molecule has 3 fully saturated rings. The van der Waals surface area contributed by atoms with Crippen LogP contribution in [0.5, 0.6) is 6.01 Å². The van der Waals surface area contributed by atoms with Crippen LogP contribution < -0.4 is 10.5 Å². The van der Waals surface area contributed by atoms with E-state index >= 15 is 0 Å². The Morgan fingerprint density at radius 3 is 2.47 bits per heavy atom. The summed E-state index contributed by atoms with van der Waals surface area (Å²) >= 11 is 0. The van der Waals surface area contributed by atoms with Gasteiger partial charge in [-0.05, 0) is 50.5 Å². The summed E-state index contributed by atoms with van der Waals surface area (Å²) in [7, 11) is 1.60. The fraction of sp³-hybridized carbons (Fsp3) is 0.394. The lowest BCUT2D eigenvalue weighted by Crippen LogP contribution is -2.46. The summed E-state index contributed by atoms with van der Waals surface area (Å²) in [5, 5.41) is 11.5. The SMILES string of the molecule is COCCOc1n[nH]c(C(=O)N2[C@@H]3CC[C@H]2CC(c2nc4c(-c5ccc(-c6ccccc6)nc5)cnn4c(N)c2C2CC2)C3)n1. The highest BCUT2D eigenvalue weighted by molar-refractivity contribution is 5.91. The summed E-state index contributed by atoms with van der Waals surface area (Å²) in [6.45, 7) is 0.734. The Morgan fingerprint density at radius 2 is 1.76 bits per heavy atom. The fourth-order valence-electron chi connectivity index (χ4n) is 7.16. The van der Waals surface area contributed by atoms with Crippen molar-refractivity contribution < 1.29 is 14.3 Å². The van der Waals surface area contributed by atoms with E-state index in [1.165, 1.54) is 0 Å². The first-order valence-electron chi connectivity index (χ1n) is 15.6. The van der Waals surface area contributed by atoms with E-state index in [0.717, 1.165) is 77.8 Å². The Kier molecular flexibility index (Phi) is 6.93. The van der Waals surface area contributed by atoms with Crippen molar-refractivity contribution in [3.05, 3.63) is 71.9 Å². The van der Waals surface area contributed by atoms with Gasteiger partial charge in [0.2, 0.25) is 5.82 Å². The molecule has 3 atom stereocenters. The Balaban J connectivity index is 1.08. The molecule has 8 rings (SSSR count). The van der Waals surface area contributed by atoms with Gasteiger partial charge in [-0.3, -0.25) is 14.9 Å². The number of aromatic nitrogens is 7. The first-order chi connectivity index (χ1) is 22.1. The topological polar surface area (TPSA) is 149 Å². The van der Waals surface area contributed by atoms with Crippen LogP contribution in [0.15, 0.2) is 54.9 Å². The summed E-state index contributed by atoms with van der Waals surface area (Å²) in [6, 6.07) is 14.6. The second-order valence-electron chi connectivity index (χ2n) is 12.2. The molecule has 230 valence electrons. The number of amides is 1. The molecule has 1 saturated carbocycles. The predicted molar refractivity (Wildman–Crippen MR) is 167 cm³/mol. The van der Waals surface area contributed by atoms with E-state index in [4.69, 9.17) is 25.2 Å². The van der Waals surface area contributed by atoms with Gasteiger partial charge in [0, 0.05) is 53.6 Å². The Bertz CT molecular complexity index is 1830. The monoisotopic (exact) mass is 605 g/mol. The standard InChI is InChI=1S/C33H35N9O3/c1-44-13-14-45-33-38-30(39-40-33)32(43)41-23-10-11-24(41)16-22(15-23)28-27(20-7-8-20)29(34)42-31(37-28)25(18-36-42)21-9-12-26(35-17-21)19-5-3-2-4-6-19/h2-6,9,12,17-18,20,22-24H,7-8,10-11,13-16,34H2,1H3,(H,38,39,40)/t22?,23-,24+. The number of fused-ring (bicyclic) bond motifs is 3. The van der Waals surface area contributed by atoms with Gasteiger partial charge in [-0.25, -0.2) is 4.98 Å². The number of H-pyrrole nitrogens is 1. The number of aromatic amines is 1. The number of carbonyl (C=O) groups is 1. The minimum Gasteiger partial charge on any atom is -0.460 e. The van der Waals surface area contributed by atoms with Crippen LogP contribution in [-0.2, 0) is 4.74 Å². The highest BCUT2D eigenvalue weighted by Crippen LogP contribution is 2.50. The Morgan fingerprint density at radius 1 is 0.956 bits per heavy atom. The number of hydrogen-bond donors (Lipinski definition) is 2. The molecule has 5 aromatic rings. The summed E-state index contributed by atoms with van der Waals surface area (Å²) in [4.78, 5) is 30.0.